The average molecular weight is 335 g/mol. The minimum Gasteiger partial charge on any atom is -0.481 e. The number of fused-ring (bicyclic) bond motifs is 1. The number of hydrogen-bond donors (Lipinski definition) is 4. The van der Waals surface area contributed by atoms with E-state index in [4.69, 9.17) is 15.8 Å². The topological polar surface area (TPSA) is 104 Å². The molecule has 1 fully saturated rings. The first kappa shape index (κ1) is 17.4. The van der Waals surface area contributed by atoms with E-state index in [2.05, 4.69) is 0 Å². The number of carbonyl (C=O) groups is 1. The molecule has 0 aliphatic heterocycles. The monoisotopic (exact) mass is 335 g/mol. The van der Waals surface area contributed by atoms with Crippen LogP contribution in [0.2, 0.25) is 6.32 Å². The highest BCUT2D eigenvalue weighted by molar-refractivity contribution is 6.40. The quantitative estimate of drug-likeness (QED) is 0.569. The summed E-state index contributed by atoms with van der Waals surface area (Å²) in [7, 11) is -1.38. The maximum atomic E-state index is 14.4. The lowest BCUT2D eigenvalue weighted by molar-refractivity contribution is -0.139. The Morgan fingerprint density at radius 1 is 1.38 bits per heavy atom. The molecule has 5 nitrogen and oxygen atoms in total. The minimum absolute atomic E-state index is 0.150. The Bertz CT molecular complexity index is 635. The van der Waals surface area contributed by atoms with Gasteiger partial charge in [0.2, 0.25) is 0 Å². The predicted octanol–water partition coefficient (Wildman–Crippen LogP) is 1.83. The van der Waals surface area contributed by atoms with Gasteiger partial charge in [-0.15, -0.1) is 0 Å². The molecule has 2 aliphatic carbocycles. The SMILES string of the molecule is NC(c1cc2c(cc1F)C[C@H](CCCB(O)O)[C@@H]2C(=O)O)C1CC1. The molecule has 3 atom stereocenters. The maximum absolute atomic E-state index is 14.4. The third-order valence-corrected chi connectivity index (χ3v) is 5.34. The highest BCUT2D eigenvalue weighted by Crippen LogP contribution is 2.45. The molecule has 24 heavy (non-hydrogen) atoms. The Hall–Kier alpha value is -1.44. The van der Waals surface area contributed by atoms with E-state index < -0.39 is 19.0 Å². The van der Waals surface area contributed by atoms with Gasteiger partial charge in [0, 0.05) is 11.6 Å². The van der Waals surface area contributed by atoms with E-state index in [1.54, 1.807) is 6.07 Å². The molecule has 0 radical (unpaired) electrons. The summed E-state index contributed by atoms with van der Waals surface area (Å²) in [6.45, 7) is 0. The van der Waals surface area contributed by atoms with Crippen LogP contribution in [0.3, 0.4) is 0 Å². The van der Waals surface area contributed by atoms with Crippen LogP contribution in [-0.4, -0.2) is 28.2 Å². The van der Waals surface area contributed by atoms with E-state index in [9.17, 15) is 14.3 Å². The summed E-state index contributed by atoms with van der Waals surface area (Å²) in [6, 6.07) is 2.74. The second-order valence-electron chi connectivity index (χ2n) is 7.13. The maximum Gasteiger partial charge on any atom is 0.451 e. The zero-order valence-corrected chi connectivity index (χ0v) is 13.5. The summed E-state index contributed by atoms with van der Waals surface area (Å²) in [5, 5.41) is 27.5. The molecule has 0 spiro atoms. The van der Waals surface area contributed by atoms with Crippen LogP contribution >= 0.6 is 0 Å². The summed E-state index contributed by atoms with van der Waals surface area (Å²) in [5.41, 5.74) is 7.95. The third-order valence-electron chi connectivity index (χ3n) is 5.34. The number of carboxylic acids is 1. The molecule has 0 heterocycles. The van der Waals surface area contributed by atoms with Gasteiger partial charge in [-0.3, -0.25) is 4.79 Å². The number of benzene rings is 1. The Morgan fingerprint density at radius 2 is 2.08 bits per heavy atom. The molecular formula is C17H23BFNO4. The van der Waals surface area contributed by atoms with Gasteiger partial charge in [0.25, 0.3) is 0 Å². The molecule has 1 aromatic carbocycles. The van der Waals surface area contributed by atoms with E-state index in [0.29, 0.717) is 36.3 Å². The van der Waals surface area contributed by atoms with Crippen molar-refractivity contribution >= 4 is 13.1 Å². The van der Waals surface area contributed by atoms with Crippen LogP contribution in [-0.2, 0) is 11.2 Å². The molecule has 0 saturated heterocycles. The highest BCUT2D eigenvalue weighted by atomic mass is 19.1. The number of nitrogens with two attached hydrogens (primary N) is 1. The van der Waals surface area contributed by atoms with E-state index in [1.807, 2.05) is 0 Å². The molecule has 3 rings (SSSR count). The van der Waals surface area contributed by atoms with Gasteiger partial charge in [-0.25, -0.2) is 4.39 Å². The fraction of sp³-hybridized carbons (Fsp3) is 0.588. The Morgan fingerprint density at radius 3 is 2.67 bits per heavy atom. The van der Waals surface area contributed by atoms with Gasteiger partial charge in [-0.1, -0.05) is 12.5 Å². The molecule has 1 aromatic rings. The van der Waals surface area contributed by atoms with Crippen LogP contribution in [0.4, 0.5) is 4.39 Å². The standard InChI is InChI=1S/C17H23BFNO4/c19-14-7-11-6-10(2-1-5-18(23)24)15(17(21)22)12(11)8-13(14)16(20)9-3-4-9/h7-10,15-16,23-24H,1-6,20H2,(H,21,22)/t10-,15-,16?/m0/s1. The van der Waals surface area contributed by atoms with Crippen molar-refractivity contribution in [3.8, 4) is 0 Å². The van der Waals surface area contributed by atoms with Crippen molar-refractivity contribution in [2.75, 3.05) is 0 Å². The normalized spacial score (nSPS) is 23.8. The smallest absolute Gasteiger partial charge is 0.451 e. The predicted molar refractivity (Wildman–Crippen MR) is 87.9 cm³/mol. The van der Waals surface area contributed by atoms with Gasteiger partial charge in [-0.05, 0) is 61.0 Å². The van der Waals surface area contributed by atoms with Crippen LogP contribution in [0.5, 0.6) is 0 Å². The summed E-state index contributed by atoms with van der Waals surface area (Å²) in [6.07, 6.45) is 3.79. The summed E-state index contributed by atoms with van der Waals surface area (Å²) >= 11 is 0. The molecule has 7 heteroatoms. The Kier molecular flexibility index (Phi) is 4.94. The average Bonchev–Trinajstić information content (AvgIpc) is 3.27. The van der Waals surface area contributed by atoms with Gasteiger partial charge < -0.3 is 20.9 Å². The minimum atomic E-state index is -1.38. The zero-order chi connectivity index (χ0) is 17.4. The van der Waals surface area contributed by atoms with Gasteiger partial charge in [-0.2, -0.15) is 0 Å². The molecule has 0 amide bonds. The fourth-order valence-corrected chi connectivity index (χ4v) is 3.90. The van der Waals surface area contributed by atoms with Crippen molar-refractivity contribution < 1.29 is 24.3 Å². The fourth-order valence-electron chi connectivity index (χ4n) is 3.90. The largest absolute Gasteiger partial charge is 0.481 e. The molecule has 1 unspecified atom stereocenters. The first-order valence-corrected chi connectivity index (χ1v) is 8.55. The van der Waals surface area contributed by atoms with Crippen LogP contribution in [0.15, 0.2) is 12.1 Å². The Labute approximate surface area is 140 Å². The summed E-state index contributed by atoms with van der Waals surface area (Å²) in [5.74, 6) is -1.79. The summed E-state index contributed by atoms with van der Waals surface area (Å²) < 4.78 is 14.4. The lowest BCUT2D eigenvalue weighted by Crippen LogP contribution is -2.19. The van der Waals surface area contributed by atoms with Crippen molar-refractivity contribution in [3.63, 3.8) is 0 Å². The lowest BCUT2D eigenvalue weighted by atomic mass is 9.80. The van der Waals surface area contributed by atoms with E-state index in [0.717, 1.165) is 18.4 Å². The zero-order valence-electron chi connectivity index (χ0n) is 13.5. The van der Waals surface area contributed by atoms with Crippen LogP contribution < -0.4 is 5.73 Å². The van der Waals surface area contributed by atoms with Gasteiger partial charge in [0.15, 0.2) is 0 Å². The number of hydrogen-bond acceptors (Lipinski definition) is 4. The molecule has 130 valence electrons. The summed E-state index contributed by atoms with van der Waals surface area (Å²) in [4.78, 5) is 11.8. The lowest BCUT2D eigenvalue weighted by Gasteiger charge is -2.18. The number of aliphatic carboxylic acids is 1. The van der Waals surface area contributed by atoms with Crippen LogP contribution in [0.25, 0.3) is 0 Å². The van der Waals surface area contributed by atoms with E-state index in [-0.39, 0.29) is 24.1 Å². The molecule has 0 bridgehead atoms. The van der Waals surface area contributed by atoms with Crippen LogP contribution in [0.1, 0.15) is 54.3 Å². The number of carboxylic acid groups (broad SMARTS) is 1. The van der Waals surface area contributed by atoms with E-state index in [1.165, 1.54) is 6.07 Å². The van der Waals surface area contributed by atoms with Crippen molar-refractivity contribution in [1.82, 2.24) is 0 Å². The first-order chi connectivity index (χ1) is 11.4. The number of rotatable bonds is 7. The first-order valence-electron chi connectivity index (χ1n) is 8.55. The molecule has 1 saturated carbocycles. The van der Waals surface area contributed by atoms with Gasteiger partial charge in [0.1, 0.15) is 5.82 Å². The Balaban J connectivity index is 1.83. The van der Waals surface area contributed by atoms with Crippen molar-refractivity contribution in [2.45, 2.75) is 50.4 Å². The molecule has 2 aliphatic rings. The van der Waals surface area contributed by atoms with Gasteiger partial charge >= 0.3 is 13.1 Å². The van der Waals surface area contributed by atoms with Crippen molar-refractivity contribution in [2.24, 2.45) is 17.6 Å². The van der Waals surface area contributed by atoms with Gasteiger partial charge in [0.05, 0.1) is 5.92 Å². The number of halogens is 1. The highest BCUT2D eigenvalue weighted by Gasteiger charge is 2.39. The molecular weight excluding hydrogens is 312 g/mol. The molecule has 5 N–H and O–H groups in total. The van der Waals surface area contributed by atoms with Crippen molar-refractivity contribution in [1.29, 1.82) is 0 Å². The van der Waals surface area contributed by atoms with Crippen LogP contribution in [0, 0.1) is 17.7 Å². The second kappa shape index (κ2) is 6.82. The second-order valence-corrected chi connectivity index (χ2v) is 7.13. The van der Waals surface area contributed by atoms with E-state index >= 15 is 0 Å². The third kappa shape index (κ3) is 3.48. The molecule has 0 aromatic heterocycles. The van der Waals surface area contributed by atoms with Crippen molar-refractivity contribution in [3.05, 3.63) is 34.6 Å².